The summed E-state index contributed by atoms with van der Waals surface area (Å²) in [7, 11) is 1.65. The number of urea groups is 1. The number of aryl methyl sites for hydroxylation is 2. The van der Waals surface area contributed by atoms with Crippen molar-refractivity contribution in [3.63, 3.8) is 0 Å². The van der Waals surface area contributed by atoms with Crippen molar-refractivity contribution in [3.8, 4) is 5.75 Å². The van der Waals surface area contributed by atoms with E-state index in [1.165, 1.54) is 0 Å². The second-order valence-electron chi connectivity index (χ2n) is 5.25. The fraction of sp³-hybridized carbons (Fsp3) is 0.278. The van der Waals surface area contributed by atoms with E-state index in [0.29, 0.717) is 6.54 Å². The van der Waals surface area contributed by atoms with Gasteiger partial charge in [0.1, 0.15) is 5.75 Å². The predicted octanol–water partition coefficient (Wildman–Crippen LogP) is 3.68. The number of rotatable bonds is 5. The molecule has 2 aromatic rings. The maximum absolute atomic E-state index is 12.0. The Kier molecular flexibility index (Phi) is 5.42. The van der Waals surface area contributed by atoms with Crippen molar-refractivity contribution in [2.45, 2.75) is 20.3 Å². The highest BCUT2D eigenvalue weighted by atomic mass is 16.5. The van der Waals surface area contributed by atoms with Crippen LogP contribution >= 0.6 is 0 Å². The zero-order valence-electron chi connectivity index (χ0n) is 13.3. The number of benzene rings is 2. The first-order chi connectivity index (χ1) is 10.6. The van der Waals surface area contributed by atoms with Crippen LogP contribution in [0.2, 0.25) is 0 Å². The number of carbonyl (C=O) groups excluding carboxylic acids is 1. The lowest BCUT2D eigenvalue weighted by molar-refractivity contribution is 0.252. The van der Waals surface area contributed by atoms with E-state index in [2.05, 4.69) is 10.6 Å². The summed E-state index contributed by atoms with van der Waals surface area (Å²) in [6.45, 7) is 4.56. The van der Waals surface area contributed by atoms with E-state index in [0.717, 1.165) is 34.5 Å². The Morgan fingerprint density at radius 1 is 1.05 bits per heavy atom. The maximum Gasteiger partial charge on any atom is 0.319 e. The second kappa shape index (κ2) is 7.50. The van der Waals surface area contributed by atoms with Crippen molar-refractivity contribution in [1.82, 2.24) is 5.32 Å². The monoisotopic (exact) mass is 298 g/mol. The van der Waals surface area contributed by atoms with Crippen molar-refractivity contribution in [3.05, 3.63) is 59.2 Å². The van der Waals surface area contributed by atoms with Gasteiger partial charge in [-0.2, -0.15) is 0 Å². The van der Waals surface area contributed by atoms with E-state index in [1.807, 2.05) is 56.3 Å². The molecule has 2 N–H and O–H groups in total. The molecule has 2 aromatic carbocycles. The summed E-state index contributed by atoms with van der Waals surface area (Å²) in [5, 5.41) is 5.79. The van der Waals surface area contributed by atoms with Gasteiger partial charge in [0.05, 0.1) is 7.11 Å². The van der Waals surface area contributed by atoms with Crippen LogP contribution in [0.25, 0.3) is 0 Å². The number of hydrogen-bond acceptors (Lipinski definition) is 2. The molecule has 0 radical (unpaired) electrons. The third-order valence-corrected chi connectivity index (χ3v) is 3.58. The van der Waals surface area contributed by atoms with Crippen LogP contribution < -0.4 is 15.4 Å². The van der Waals surface area contributed by atoms with Crippen molar-refractivity contribution in [2.24, 2.45) is 0 Å². The molecule has 0 aliphatic rings. The second-order valence-corrected chi connectivity index (χ2v) is 5.25. The quantitative estimate of drug-likeness (QED) is 0.884. The summed E-state index contributed by atoms with van der Waals surface area (Å²) in [6, 6.07) is 13.6. The Morgan fingerprint density at radius 2 is 1.68 bits per heavy atom. The minimum Gasteiger partial charge on any atom is -0.497 e. The maximum atomic E-state index is 12.0. The molecule has 0 aliphatic heterocycles. The molecule has 0 atom stereocenters. The molecular formula is C18H22N2O2. The third-order valence-electron chi connectivity index (χ3n) is 3.58. The largest absolute Gasteiger partial charge is 0.497 e. The summed E-state index contributed by atoms with van der Waals surface area (Å²) in [4.78, 5) is 12.0. The summed E-state index contributed by atoms with van der Waals surface area (Å²) < 4.78 is 5.12. The number of para-hydroxylation sites is 1. The van der Waals surface area contributed by atoms with E-state index < -0.39 is 0 Å². The Hall–Kier alpha value is -2.49. The van der Waals surface area contributed by atoms with Gasteiger partial charge in [0.2, 0.25) is 0 Å². The summed E-state index contributed by atoms with van der Waals surface area (Å²) in [5.41, 5.74) is 4.16. The zero-order chi connectivity index (χ0) is 15.9. The molecule has 0 aliphatic carbocycles. The molecule has 0 saturated carbocycles. The molecular weight excluding hydrogens is 276 g/mol. The molecule has 0 unspecified atom stereocenters. The van der Waals surface area contributed by atoms with Gasteiger partial charge in [0.25, 0.3) is 0 Å². The number of hydrogen-bond donors (Lipinski definition) is 2. The molecule has 0 bridgehead atoms. The number of nitrogens with one attached hydrogen (secondary N) is 2. The third kappa shape index (κ3) is 4.25. The lowest BCUT2D eigenvalue weighted by Crippen LogP contribution is -2.31. The highest BCUT2D eigenvalue weighted by Gasteiger charge is 2.06. The van der Waals surface area contributed by atoms with Gasteiger partial charge in [-0.15, -0.1) is 0 Å². The number of anilines is 1. The van der Waals surface area contributed by atoms with Gasteiger partial charge in [-0.1, -0.05) is 30.3 Å². The van der Waals surface area contributed by atoms with Gasteiger partial charge in [0.15, 0.2) is 0 Å². The molecule has 4 nitrogen and oxygen atoms in total. The van der Waals surface area contributed by atoms with Gasteiger partial charge < -0.3 is 15.4 Å². The first kappa shape index (κ1) is 15.9. The normalized spacial score (nSPS) is 10.1. The lowest BCUT2D eigenvalue weighted by atomic mass is 10.1. The minimum atomic E-state index is -0.175. The van der Waals surface area contributed by atoms with Crippen LogP contribution in [0.4, 0.5) is 10.5 Å². The summed E-state index contributed by atoms with van der Waals surface area (Å²) in [5.74, 6) is 0.837. The van der Waals surface area contributed by atoms with Gasteiger partial charge in [-0.3, -0.25) is 0 Å². The number of ether oxygens (including phenoxy) is 1. The number of carbonyl (C=O) groups is 1. The molecule has 0 spiro atoms. The fourth-order valence-electron chi connectivity index (χ4n) is 2.28. The number of methoxy groups -OCH3 is 1. The van der Waals surface area contributed by atoms with E-state index >= 15 is 0 Å². The van der Waals surface area contributed by atoms with Crippen LogP contribution in [0.5, 0.6) is 5.75 Å². The topological polar surface area (TPSA) is 50.4 Å². The van der Waals surface area contributed by atoms with Crippen LogP contribution in [-0.4, -0.2) is 19.7 Å². The molecule has 22 heavy (non-hydrogen) atoms. The molecule has 2 rings (SSSR count). The standard InChI is InChI=1S/C18H22N2O2/c1-13-5-4-6-14(2)17(13)20-18(21)19-12-11-15-7-9-16(22-3)10-8-15/h4-10H,11-12H2,1-3H3,(H2,19,20,21). The average Bonchev–Trinajstić information content (AvgIpc) is 2.52. The van der Waals surface area contributed by atoms with E-state index in [9.17, 15) is 4.79 Å². The van der Waals surface area contributed by atoms with Gasteiger partial charge in [-0.25, -0.2) is 4.79 Å². The smallest absolute Gasteiger partial charge is 0.319 e. The average molecular weight is 298 g/mol. The van der Waals surface area contributed by atoms with Gasteiger partial charge in [0, 0.05) is 12.2 Å². The molecule has 0 fully saturated rings. The molecule has 0 heterocycles. The van der Waals surface area contributed by atoms with Crippen LogP contribution in [-0.2, 0) is 6.42 Å². The Labute approximate surface area is 131 Å². The van der Waals surface area contributed by atoms with Crippen molar-refractivity contribution in [2.75, 3.05) is 19.0 Å². The Bertz CT molecular complexity index is 616. The van der Waals surface area contributed by atoms with Gasteiger partial charge >= 0.3 is 6.03 Å². The highest BCUT2D eigenvalue weighted by molar-refractivity contribution is 5.90. The fourth-order valence-corrected chi connectivity index (χ4v) is 2.28. The first-order valence-electron chi connectivity index (χ1n) is 7.34. The van der Waals surface area contributed by atoms with Crippen molar-refractivity contribution in [1.29, 1.82) is 0 Å². The SMILES string of the molecule is COc1ccc(CCNC(=O)Nc2c(C)cccc2C)cc1. The Morgan fingerprint density at radius 3 is 2.27 bits per heavy atom. The summed E-state index contributed by atoms with van der Waals surface area (Å²) >= 11 is 0. The summed E-state index contributed by atoms with van der Waals surface area (Å²) in [6.07, 6.45) is 0.782. The predicted molar refractivity (Wildman–Crippen MR) is 89.6 cm³/mol. The number of amides is 2. The van der Waals surface area contributed by atoms with E-state index in [-0.39, 0.29) is 6.03 Å². The van der Waals surface area contributed by atoms with Crippen LogP contribution in [0.3, 0.4) is 0 Å². The van der Waals surface area contributed by atoms with Crippen LogP contribution in [0.1, 0.15) is 16.7 Å². The molecule has 4 heteroatoms. The molecule has 0 aromatic heterocycles. The van der Waals surface area contributed by atoms with E-state index in [4.69, 9.17) is 4.74 Å². The van der Waals surface area contributed by atoms with Crippen LogP contribution in [0.15, 0.2) is 42.5 Å². The van der Waals surface area contributed by atoms with E-state index in [1.54, 1.807) is 7.11 Å². The lowest BCUT2D eigenvalue weighted by Gasteiger charge is -2.12. The van der Waals surface area contributed by atoms with Gasteiger partial charge in [-0.05, 0) is 49.1 Å². The molecule has 2 amide bonds. The molecule has 116 valence electrons. The highest BCUT2D eigenvalue weighted by Crippen LogP contribution is 2.19. The first-order valence-corrected chi connectivity index (χ1v) is 7.34. The van der Waals surface area contributed by atoms with Crippen molar-refractivity contribution >= 4 is 11.7 Å². The Balaban J connectivity index is 1.82. The molecule has 0 saturated heterocycles. The minimum absolute atomic E-state index is 0.175. The van der Waals surface area contributed by atoms with Crippen LogP contribution in [0, 0.1) is 13.8 Å². The van der Waals surface area contributed by atoms with Crippen molar-refractivity contribution < 1.29 is 9.53 Å². The zero-order valence-corrected chi connectivity index (χ0v) is 13.3.